The molecule has 0 heterocycles. The lowest BCUT2D eigenvalue weighted by Crippen LogP contribution is -2.42. The molecule has 1 aromatic rings. The Bertz CT molecular complexity index is 513. The molecule has 0 aromatic heterocycles. The van der Waals surface area contributed by atoms with E-state index >= 15 is 0 Å². The number of hydrogen-bond acceptors (Lipinski definition) is 3. The fourth-order valence-electron chi connectivity index (χ4n) is 2.97. The van der Waals surface area contributed by atoms with E-state index in [0.29, 0.717) is 24.9 Å². The lowest BCUT2D eigenvalue weighted by atomic mass is 10.0. The summed E-state index contributed by atoms with van der Waals surface area (Å²) >= 11 is 0. The zero-order valence-electron chi connectivity index (χ0n) is 12.7. The summed E-state index contributed by atoms with van der Waals surface area (Å²) in [6.07, 6.45) is 3.41. The minimum absolute atomic E-state index is 0.232. The first kappa shape index (κ1) is 15.8. The van der Waals surface area contributed by atoms with Gasteiger partial charge in [-0.25, -0.2) is 4.39 Å². The Hall–Kier alpha value is -1.62. The van der Waals surface area contributed by atoms with Crippen LogP contribution < -0.4 is 5.32 Å². The summed E-state index contributed by atoms with van der Waals surface area (Å²) in [7, 11) is 1.65. The quantitative estimate of drug-likeness (QED) is 0.878. The number of halogens is 1. The molecule has 0 unspecified atom stereocenters. The van der Waals surface area contributed by atoms with Gasteiger partial charge >= 0.3 is 0 Å². The zero-order valence-corrected chi connectivity index (χ0v) is 12.7. The van der Waals surface area contributed by atoms with Crippen LogP contribution in [0.3, 0.4) is 0 Å². The largest absolute Gasteiger partial charge is 0.388 e. The van der Waals surface area contributed by atoms with Gasteiger partial charge in [0.15, 0.2) is 0 Å². The molecule has 2 N–H and O–H groups in total. The van der Waals surface area contributed by atoms with Crippen molar-refractivity contribution >= 4 is 11.6 Å². The standard InChI is InChI=1S/C16H23FN2O2/c1-3-18-14-12(7-6-8-13(14)17)15(20)19(2)11-16(21)9-4-5-10-16/h6-8,18,21H,3-5,9-11H2,1-2H3. The third-order valence-electron chi connectivity index (χ3n) is 4.01. The number of likely N-dealkylation sites (N-methyl/N-ethyl adjacent to an activating group) is 1. The van der Waals surface area contributed by atoms with Gasteiger partial charge in [-0.15, -0.1) is 0 Å². The topological polar surface area (TPSA) is 52.6 Å². The minimum atomic E-state index is -0.796. The molecule has 1 aromatic carbocycles. The van der Waals surface area contributed by atoms with E-state index in [9.17, 15) is 14.3 Å². The third-order valence-corrected chi connectivity index (χ3v) is 4.01. The fourth-order valence-corrected chi connectivity index (χ4v) is 2.97. The molecule has 0 radical (unpaired) electrons. The van der Waals surface area contributed by atoms with Gasteiger partial charge in [0.25, 0.3) is 5.91 Å². The Morgan fingerprint density at radius 1 is 1.43 bits per heavy atom. The smallest absolute Gasteiger partial charge is 0.255 e. The summed E-state index contributed by atoms with van der Waals surface area (Å²) < 4.78 is 13.9. The summed E-state index contributed by atoms with van der Waals surface area (Å²) in [4.78, 5) is 14.0. The van der Waals surface area contributed by atoms with Crippen LogP contribution in [0.5, 0.6) is 0 Å². The van der Waals surface area contributed by atoms with Crippen LogP contribution in [-0.2, 0) is 0 Å². The van der Waals surface area contributed by atoms with Crippen LogP contribution in [0.25, 0.3) is 0 Å². The number of nitrogens with one attached hydrogen (secondary N) is 1. The fraction of sp³-hybridized carbons (Fsp3) is 0.562. The predicted molar refractivity (Wildman–Crippen MR) is 80.9 cm³/mol. The maximum atomic E-state index is 13.9. The first-order valence-electron chi connectivity index (χ1n) is 7.47. The zero-order chi connectivity index (χ0) is 15.5. The highest BCUT2D eigenvalue weighted by Crippen LogP contribution is 2.30. The number of nitrogens with zero attached hydrogens (tertiary/aromatic N) is 1. The molecule has 0 aliphatic heterocycles. The molecular formula is C16H23FN2O2. The van der Waals surface area contributed by atoms with Crippen molar-refractivity contribution in [2.24, 2.45) is 0 Å². The van der Waals surface area contributed by atoms with Gasteiger partial charge in [0.1, 0.15) is 5.82 Å². The van der Waals surface area contributed by atoms with Crippen molar-refractivity contribution in [1.82, 2.24) is 4.90 Å². The van der Waals surface area contributed by atoms with Crippen molar-refractivity contribution in [2.75, 3.05) is 25.5 Å². The van der Waals surface area contributed by atoms with Gasteiger partial charge in [-0.1, -0.05) is 18.9 Å². The second-order valence-electron chi connectivity index (χ2n) is 5.79. The van der Waals surface area contributed by atoms with E-state index in [4.69, 9.17) is 0 Å². The van der Waals surface area contributed by atoms with E-state index in [1.165, 1.54) is 17.0 Å². The second kappa shape index (κ2) is 6.43. The number of carbonyl (C=O) groups is 1. The van der Waals surface area contributed by atoms with Crippen LogP contribution in [-0.4, -0.2) is 41.7 Å². The summed E-state index contributed by atoms with van der Waals surface area (Å²) in [5.74, 6) is -0.707. The molecule has 0 atom stereocenters. The monoisotopic (exact) mass is 294 g/mol. The van der Waals surface area contributed by atoms with Crippen molar-refractivity contribution in [1.29, 1.82) is 0 Å². The van der Waals surface area contributed by atoms with Crippen molar-refractivity contribution in [3.05, 3.63) is 29.6 Å². The third kappa shape index (κ3) is 3.53. The van der Waals surface area contributed by atoms with Crippen molar-refractivity contribution in [2.45, 2.75) is 38.2 Å². The molecular weight excluding hydrogens is 271 g/mol. The molecule has 4 nitrogen and oxygen atoms in total. The number of benzene rings is 1. The van der Waals surface area contributed by atoms with Crippen molar-refractivity contribution in [3.8, 4) is 0 Å². The summed E-state index contributed by atoms with van der Waals surface area (Å²) in [6.45, 7) is 2.68. The number of anilines is 1. The average molecular weight is 294 g/mol. The van der Waals surface area contributed by atoms with E-state index < -0.39 is 11.4 Å². The Morgan fingerprint density at radius 2 is 2.10 bits per heavy atom. The normalized spacial score (nSPS) is 16.8. The molecule has 2 rings (SSSR count). The van der Waals surface area contributed by atoms with Crippen LogP contribution in [0.1, 0.15) is 43.0 Å². The van der Waals surface area contributed by atoms with Gasteiger partial charge in [-0.2, -0.15) is 0 Å². The number of hydrogen-bond donors (Lipinski definition) is 2. The molecule has 0 saturated heterocycles. The highest BCUT2D eigenvalue weighted by Gasteiger charge is 2.34. The van der Waals surface area contributed by atoms with E-state index in [1.807, 2.05) is 6.92 Å². The van der Waals surface area contributed by atoms with Crippen LogP contribution in [0, 0.1) is 5.82 Å². The molecule has 1 saturated carbocycles. The van der Waals surface area contributed by atoms with Crippen LogP contribution in [0.4, 0.5) is 10.1 Å². The lowest BCUT2D eigenvalue weighted by Gasteiger charge is -2.29. The highest BCUT2D eigenvalue weighted by molar-refractivity contribution is 5.99. The second-order valence-corrected chi connectivity index (χ2v) is 5.79. The number of aliphatic hydroxyl groups is 1. The molecule has 21 heavy (non-hydrogen) atoms. The highest BCUT2D eigenvalue weighted by atomic mass is 19.1. The van der Waals surface area contributed by atoms with E-state index in [0.717, 1.165) is 12.8 Å². The molecule has 1 amide bonds. The van der Waals surface area contributed by atoms with E-state index in [-0.39, 0.29) is 18.1 Å². The SMILES string of the molecule is CCNc1c(F)cccc1C(=O)N(C)CC1(O)CCCC1. The maximum absolute atomic E-state index is 13.9. The molecule has 116 valence electrons. The summed E-state index contributed by atoms with van der Waals surface area (Å²) in [5.41, 5.74) is -0.257. The predicted octanol–water partition coefficient (Wildman–Crippen LogP) is 2.63. The van der Waals surface area contributed by atoms with Gasteiger partial charge in [-0.3, -0.25) is 4.79 Å². The van der Waals surface area contributed by atoms with Crippen LogP contribution >= 0.6 is 0 Å². The molecule has 5 heteroatoms. The van der Waals surface area contributed by atoms with Crippen LogP contribution in [0.2, 0.25) is 0 Å². The molecule has 1 fully saturated rings. The maximum Gasteiger partial charge on any atom is 0.255 e. The Morgan fingerprint density at radius 3 is 2.71 bits per heavy atom. The number of carbonyl (C=O) groups excluding carboxylic acids is 1. The Kier molecular flexibility index (Phi) is 4.83. The van der Waals surface area contributed by atoms with Crippen LogP contribution in [0.15, 0.2) is 18.2 Å². The van der Waals surface area contributed by atoms with Gasteiger partial charge in [0.05, 0.1) is 16.9 Å². The lowest BCUT2D eigenvalue weighted by molar-refractivity contribution is 0.0157. The number of rotatable bonds is 5. The van der Waals surface area contributed by atoms with E-state index in [2.05, 4.69) is 5.32 Å². The molecule has 0 spiro atoms. The van der Waals surface area contributed by atoms with Crippen molar-refractivity contribution in [3.63, 3.8) is 0 Å². The van der Waals surface area contributed by atoms with Gasteiger partial charge in [0.2, 0.25) is 0 Å². The van der Waals surface area contributed by atoms with Gasteiger partial charge in [0, 0.05) is 20.1 Å². The summed E-state index contributed by atoms with van der Waals surface area (Å²) in [5, 5.41) is 13.3. The first-order valence-corrected chi connectivity index (χ1v) is 7.47. The Balaban J connectivity index is 2.17. The van der Waals surface area contributed by atoms with Gasteiger partial charge < -0.3 is 15.3 Å². The molecule has 1 aliphatic rings. The molecule has 1 aliphatic carbocycles. The van der Waals surface area contributed by atoms with Gasteiger partial charge in [-0.05, 0) is 31.9 Å². The average Bonchev–Trinajstić information content (AvgIpc) is 2.87. The first-order chi connectivity index (χ1) is 9.97. The van der Waals surface area contributed by atoms with E-state index in [1.54, 1.807) is 13.1 Å². The molecule has 0 bridgehead atoms. The summed E-state index contributed by atoms with van der Waals surface area (Å²) in [6, 6.07) is 4.47. The Labute approximate surface area is 125 Å². The van der Waals surface area contributed by atoms with Crippen molar-refractivity contribution < 1.29 is 14.3 Å². The minimum Gasteiger partial charge on any atom is -0.388 e. The number of amides is 1. The number of para-hydroxylation sites is 1.